The summed E-state index contributed by atoms with van der Waals surface area (Å²) < 4.78 is 13.8. The van der Waals surface area contributed by atoms with Crippen LogP contribution in [0.4, 0.5) is 4.39 Å². The lowest BCUT2D eigenvalue weighted by molar-refractivity contribution is -0.148. The molecular formula is C17H21FN2O. The molecule has 1 N–H and O–H groups in total. The number of carbonyl (C=O) groups excluding carboxylic acids is 1. The molecule has 1 heterocycles. The Morgan fingerprint density at radius 3 is 2.62 bits per heavy atom. The van der Waals surface area contributed by atoms with E-state index in [-0.39, 0.29) is 18.3 Å². The van der Waals surface area contributed by atoms with Gasteiger partial charge in [0.1, 0.15) is 5.82 Å². The average molecular weight is 288 g/mol. The Morgan fingerprint density at radius 2 is 2.05 bits per heavy atom. The monoisotopic (exact) mass is 288 g/mol. The molecule has 1 aromatic carbocycles. The van der Waals surface area contributed by atoms with Crippen LogP contribution in [0.5, 0.6) is 0 Å². The number of nitrogens with zero attached hydrogens (tertiary/aromatic N) is 1. The first-order chi connectivity index (χ1) is 9.70. The predicted molar refractivity (Wildman–Crippen MR) is 81.1 cm³/mol. The zero-order valence-corrected chi connectivity index (χ0v) is 13.0. The van der Waals surface area contributed by atoms with Crippen molar-refractivity contribution in [3.8, 4) is 12.3 Å². The van der Waals surface area contributed by atoms with E-state index >= 15 is 0 Å². The van der Waals surface area contributed by atoms with E-state index in [1.807, 2.05) is 33.8 Å². The van der Waals surface area contributed by atoms with Gasteiger partial charge in [-0.2, -0.15) is 0 Å². The van der Waals surface area contributed by atoms with E-state index in [4.69, 9.17) is 6.42 Å². The number of hydrogen-bond donors (Lipinski definition) is 1. The molecule has 0 radical (unpaired) electrons. The van der Waals surface area contributed by atoms with Gasteiger partial charge in [-0.3, -0.25) is 4.79 Å². The highest BCUT2D eigenvalue weighted by Crippen LogP contribution is 2.34. The minimum absolute atomic E-state index is 0.0730. The molecule has 1 aliphatic heterocycles. The van der Waals surface area contributed by atoms with Crippen LogP contribution >= 0.6 is 0 Å². The van der Waals surface area contributed by atoms with E-state index in [2.05, 4.69) is 11.2 Å². The van der Waals surface area contributed by atoms with Crippen molar-refractivity contribution in [1.82, 2.24) is 10.2 Å². The van der Waals surface area contributed by atoms with Crippen LogP contribution in [0, 0.1) is 25.1 Å². The molecule has 0 saturated carbocycles. The van der Waals surface area contributed by atoms with Crippen LogP contribution in [0.1, 0.15) is 31.9 Å². The van der Waals surface area contributed by atoms with Gasteiger partial charge in [-0.05, 0) is 51.0 Å². The van der Waals surface area contributed by atoms with Crippen LogP contribution in [0.15, 0.2) is 18.2 Å². The summed E-state index contributed by atoms with van der Waals surface area (Å²) >= 11 is 0. The van der Waals surface area contributed by atoms with E-state index in [0.29, 0.717) is 6.54 Å². The van der Waals surface area contributed by atoms with Crippen molar-refractivity contribution in [2.75, 3.05) is 13.1 Å². The summed E-state index contributed by atoms with van der Waals surface area (Å²) in [6, 6.07) is 4.85. The topological polar surface area (TPSA) is 32.3 Å². The van der Waals surface area contributed by atoms with E-state index in [1.165, 1.54) is 12.1 Å². The Kier molecular flexibility index (Phi) is 3.81. The number of terminal acetylenes is 1. The van der Waals surface area contributed by atoms with Gasteiger partial charge in [-0.25, -0.2) is 4.39 Å². The normalized spacial score (nSPS) is 24.8. The Labute approximate surface area is 125 Å². The molecule has 0 spiro atoms. The minimum Gasteiger partial charge on any atom is -0.319 e. The number of carbonyl (C=O) groups is 1. The number of benzene rings is 1. The van der Waals surface area contributed by atoms with E-state index < -0.39 is 11.1 Å². The fourth-order valence-corrected chi connectivity index (χ4v) is 2.77. The average Bonchev–Trinajstić information content (AvgIpc) is 2.39. The van der Waals surface area contributed by atoms with Gasteiger partial charge in [0.25, 0.3) is 0 Å². The lowest BCUT2D eigenvalue weighted by Gasteiger charge is -2.50. The molecule has 1 atom stereocenters. The molecule has 1 saturated heterocycles. The molecule has 1 amide bonds. The van der Waals surface area contributed by atoms with E-state index in [0.717, 1.165) is 11.1 Å². The molecule has 3 nitrogen and oxygen atoms in total. The maximum absolute atomic E-state index is 13.8. The molecule has 4 heteroatoms. The molecule has 112 valence electrons. The lowest BCUT2D eigenvalue weighted by atomic mass is 9.83. The molecular weight excluding hydrogens is 267 g/mol. The smallest absolute Gasteiger partial charge is 0.243 e. The van der Waals surface area contributed by atoms with Crippen molar-refractivity contribution < 1.29 is 9.18 Å². The molecule has 21 heavy (non-hydrogen) atoms. The molecule has 0 bridgehead atoms. The summed E-state index contributed by atoms with van der Waals surface area (Å²) in [6.07, 6.45) is 5.43. The number of halogens is 1. The SMILES string of the molecule is C#CCN1C(=O)C(C)(C)NC[C@@]1(C)c1cc(C)cc(F)c1. The molecule has 0 unspecified atom stereocenters. The van der Waals surface area contributed by atoms with Crippen molar-refractivity contribution in [2.24, 2.45) is 0 Å². The van der Waals surface area contributed by atoms with E-state index in [9.17, 15) is 9.18 Å². The first-order valence-electron chi connectivity index (χ1n) is 6.99. The molecule has 1 aliphatic rings. The summed E-state index contributed by atoms with van der Waals surface area (Å²) in [4.78, 5) is 14.3. The second-order valence-electron chi connectivity index (χ2n) is 6.37. The number of nitrogens with one attached hydrogen (secondary N) is 1. The van der Waals surface area contributed by atoms with Gasteiger partial charge in [0.2, 0.25) is 5.91 Å². The van der Waals surface area contributed by atoms with Gasteiger partial charge in [0.05, 0.1) is 17.6 Å². The lowest BCUT2D eigenvalue weighted by Crippen LogP contribution is -2.68. The number of piperazine rings is 1. The van der Waals surface area contributed by atoms with Crippen LogP contribution in [-0.4, -0.2) is 29.4 Å². The van der Waals surface area contributed by atoms with Gasteiger partial charge in [-0.15, -0.1) is 6.42 Å². The second kappa shape index (κ2) is 5.16. The van der Waals surface area contributed by atoms with Gasteiger partial charge in [-0.1, -0.05) is 12.0 Å². The first-order valence-corrected chi connectivity index (χ1v) is 6.99. The molecule has 0 aromatic heterocycles. The van der Waals surface area contributed by atoms with Crippen LogP contribution in [0.3, 0.4) is 0 Å². The Morgan fingerprint density at radius 1 is 1.38 bits per heavy atom. The summed E-state index contributed by atoms with van der Waals surface area (Å²) in [7, 11) is 0. The second-order valence-corrected chi connectivity index (χ2v) is 6.37. The van der Waals surface area contributed by atoms with Gasteiger partial charge < -0.3 is 10.2 Å². The standard InChI is InChI=1S/C17H21FN2O/c1-6-7-20-15(21)16(3,4)19-11-17(20,5)13-8-12(2)9-14(18)10-13/h1,8-10,19H,7,11H2,2-5H3/t17-/m0/s1. The van der Waals surface area contributed by atoms with Gasteiger partial charge >= 0.3 is 0 Å². The highest BCUT2D eigenvalue weighted by Gasteiger charge is 2.47. The fourth-order valence-electron chi connectivity index (χ4n) is 2.77. The van der Waals surface area contributed by atoms with Crippen LogP contribution in [0.25, 0.3) is 0 Å². The zero-order chi connectivity index (χ0) is 15.8. The highest BCUT2D eigenvalue weighted by molar-refractivity contribution is 5.87. The third-order valence-electron chi connectivity index (χ3n) is 4.16. The van der Waals surface area contributed by atoms with Crippen molar-refractivity contribution >= 4 is 5.91 Å². The first kappa shape index (κ1) is 15.5. The van der Waals surface area contributed by atoms with E-state index in [1.54, 1.807) is 4.90 Å². The zero-order valence-electron chi connectivity index (χ0n) is 13.0. The number of amides is 1. The fraction of sp³-hybridized carbons (Fsp3) is 0.471. The molecule has 1 aromatic rings. The van der Waals surface area contributed by atoms with Crippen molar-refractivity contribution in [2.45, 2.75) is 38.8 Å². The maximum Gasteiger partial charge on any atom is 0.243 e. The minimum atomic E-state index is -0.668. The number of hydrogen-bond acceptors (Lipinski definition) is 2. The maximum atomic E-state index is 13.8. The third kappa shape index (κ3) is 2.66. The molecule has 2 rings (SSSR count). The number of aryl methyl sites for hydroxylation is 1. The Hall–Kier alpha value is -1.86. The van der Waals surface area contributed by atoms with Crippen LogP contribution < -0.4 is 5.32 Å². The largest absolute Gasteiger partial charge is 0.319 e. The van der Waals surface area contributed by atoms with Crippen LogP contribution in [-0.2, 0) is 10.3 Å². The number of rotatable bonds is 2. The van der Waals surface area contributed by atoms with Crippen molar-refractivity contribution in [1.29, 1.82) is 0 Å². The van der Waals surface area contributed by atoms with Crippen molar-refractivity contribution in [3.63, 3.8) is 0 Å². The molecule has 0 aliphatic carbocycles. The highest BCUT2D eigenvalue weighted by atomic mass is 19.1. The van der Waals surface area contributed by atoms with Crippen molar-refractivity contribution in [3.05, 3.63) is 35.1 Å². The third-order valence-corrected chi connectivity index (χ3v) is 4.16. The van der Waals surface area contributed by atoms with Gasteiger partial charge in [0.15, 0.2) is 0 Å². The summed E-state index contributed by atoms with van der Waals surface area (Å²) in [5, 5.41) is 3.24. The summed E-state index contributed by atoms with van der Waals surface area (Å²) in [6.45, 7) is 8.14. The van der Waals surface area contributed by atoms with Gasteiger partial charge in [0, 0.05) is 6.54 Å². The Bertz CT molecular complexity index is 597. The summed E-state index contributed by atoms with van der Waals surface area (Å²) in [5.41, 5.74) is 0.251. The quantitative estimate of drug-likeness (QED) is 0.846. The molecule has 1 fully saturated rings. The Balaban J connectivity index is 2.52. The predicted octanol–water partition coefficient (Wildman–Crippen LogP) is 2.19. The van der Waals surface area contributed by atoms with Crippen LogP contribution in [0.2, 0.25) is 0 Å². The summed E-state index contributed by atoms with van der Waals surface area (Å²) in [5.74, 6) is 2.17.